The van der Waals surface area contributed by atoms with Crippen LogP contribution in [0.5, 0.6) is 0 Å². The number of nitrogens with one attached hydrogen (secondary N) is 2. The van der Waals surface area contributed by atoms with Crippen molar-refractivity contribution >= 4 is 11.0 Å². The number of aromatic nitrogens is 3. The minimum atomic E-state index is 0.841. The summed E-state index contributed by atoms with van der Waals surface area (Å²) in [6, 6.07) is 0. The van der Waals surface area contributed by atoms with Crippen molar-refractivity contribution in [3.63, 3.8) is 0 Å². The molecule has 0 fully saturated rings. The Morgan fingerprint density at radius 2 is 2.50 bits per heavy atom. The maximum atomic E-state index is 4.09. The van der Waals surface area contributed by atoms with Crippen molar-refractivity contribution in [3.8, 4) is 0 Å². The van der Waals surface area contributed by atoms with Gasteiger partial charge in [0.1, 0.15) is 12.0 Å². The van der Waals surface area contributed by atoms with Gasteiger partial charge in [-0.25, -0.2) is 9.97 Å². The van der Waals surface area contributed by atoms with Crippen LogP contribution >= 0.6 is 0 Å². The molecule has 0 atom stereocenters. The first-order valence-corrected chi connectivity index (χ1v) is 3.82. The molecule has 4 heteroatoms. The third-order valence-electron chi connectivity index (χ3n) is 1.81. The van der Waals surface area contributed by atoms with Gasteiger partial charge in [-0.05, 0) is 12.6 Å². The minimum absolute atomic E-state index is 0.841. The summed E-state index contributed by atoms with van der Waals surface area (Å²) in [5, 5.41) is 4.18. The summed E-state index contributed by atoms with van der Waals surface area (Å²) < 4.78 is 0. The van der Waals surface area contributed by atoms with Gasteiger partial charge >= 0.3 is 0 Å². The summed E-state index contributed by atoms with van der Waals surface area (Å²) in [5.41, 5.74) is 2.10. The first-order valence-electron chi connectivity index (χ1n) is 3.82. The molecule has 2 aromatic heterocycles. The van der Waals surface area contributed by atoms with E-state index >= 15 is 0 Å². The maximum absolute atomic E-state index is 4.09. The van der Waals surface area contributed by atoms with E-state index in [4.69, 9.17) is 0 Å². The van der Waals surface area contributed by atoms with Gasteiger partial charge < -0.3 is 10.3 Å². The second-order valence-electron chi connectivity index (χ2n) is 2.63. The molecule has 2 N–H and O–H groups in total. The van der Waals surface area contributed by atoms with Gasteiger partial charge in [0, 0.05) is 24.3 Å². The fraction of sp³-hybridized carbons (Fsp3) is 0.250. The molecule has 12 heavy (non-hydrogen) atoms. The Labute approximate surface area is 70.0 Å². The van der Waals surface area contributed by atoms with Gasteiger partial charge in [0.2, 0.25) is 0 Å². The van der Waals surface area contributed by atoms with Crippen LogP contribution in [0, 0.1) is 0 Å². The molecule has 62 valence electrons. The van der Waals surface area contributed by atoms with E-state index in [-0.39, 0.29) is 0 Å². The molecule has 0 saturated heterocycles. The molecule has 4 nitrogen and oxygen atoms in total. The van der Waals surface area contributed by atoms with Gasteiger partial charge in [-0.1, -0.05) is 0 Å². The summed E-state index contributed by atoms with van der Waals surface area (Å²) in [4.78, 5) is 11.1. The fourth-order valence-electron chi connectivity index (χ4n) is 1.25. The van der Waals surface area contributed by atoms with Crippen LogP contribution in [-0.2, 0) is 6.54 Å². The third-order valence-corrected chi connectivity index (χ3v) is 1.81. The lowest BCUT2D eigenvalue weighted by Crippen LogP contribution is -2.04. The first-order chi connectivity index (χ1) is 5.92. The Morgan fingerprint density at radius 1 is 1.58 bits per heavy atom. The van der Waals surface area contributed by atoms with Gasteiger partial charge in [-0.3, -0.25) is 0 Å². The van der Waals surface area contributed by atoms with Gasteiger partial charge in [0.25, 0.3) is 0 Å². The molecular weight excluding hydrogens is 152 g/mol. The van der Waals surface area contributed by atoms with Crippen molar-refractivity contribution in [2.75, 3.05) is 7.05 Å². The van der Waals surface area contributed by atoms with Crippen molar-refractivity contribution in [3.05, 3.63) is 24.3 Å². The van der Waals surface area contributed by atoms with E-state index in [1.165, 1.54) is 5.56 Å². The number of rotatable bonds is 2. The Hall–Kier alpha value is -1.42. The topological polar surface area (TPSA) is 53.6 Å². The van der Waals surface area contributed by atoms with Crippen LogP contribution < -0.4 is 5.32 Å². The van der Waals surface area contributed by atoms with E-state index in [1.54, 1.807) is 6.33 Å². The molecule has 0 radical (unpaired) electrons. The molecule has 2 rings (SSSR count). The van der Waals surface area contributed by atoms with Crippen LogP contribution in [0.25, 0.3) is 11.0 Å². The average molecular weight is 162 g/mol. The molecule has 0 aliphatic rings. The highest BCUT2D eigenvalue weighted by Crippen LogP contribution is 2.13. The molecular formula is C8H10N4. The van der Waals surface area contributed by atoms with E-state index in [9.17, 15) is 0 Å². The van der Waals surface area contributed by atoms with Crippen LogP contribution in [0.3, 0.4) is 0 Å². The number of hydrogen-bond acceptors (Lipinski definition) is 3. The SMILES string of the molecule is CNCc1c[nH]c2ncncc12. The van der Waals surface area contributed by atoms with Crippen LogP contribution in [0.1, 0.15) is 5.56 Å². The molecule has 0 aliphatic carbocycles. The second-order valence-corrected chi connectivity index (χ2v) is 2.63. The number of H-pyrrole nitrogens is 1. The van der Waals surface area contributed by atoms with E-state index in [0.29, 0.717) is 0 Å². The van der Waals surface area contributed by atoms with E-state index in [2.05, 4.69) is 20.3 Å². The lowest BCUT2D eigenvalue weighted by atomic mass is 10.2. The summed E-state index contributed by atoms with van der Waals surface area (Å²) in [7, 11) is 1.92. The van der Waals surface area contributed by atoms with E-state index < -0.39 is 0 Å². The van der Waals surface area contributed by atoms with Crippen LogP contribution in [0.2, 0.25) is 0 Å². The van der Waals surface area contributed by atoms with Gasteiger partial charge in [-0.15, -0.1) is 0 Å². The number of fused-ring (bicyclic) bond motifs is 1. The van der Waals surface area contributed by atoms with Crippen LogP contribution in [-0.4, -0.2) is 22.0 Å². The van der Waals surface area contributed by atoms with Crippen molar-refractivity contribution in [1.82, 2.24) is 20.3 Å². The largest absolute Gasteiger partial charge is 0.346 e. The fourth-order valence-corrected chi connectivity index (χ4v) is 1.25. The lowest BCUT2D eigenvalue weighted by molar-refractivity contribution is 0.823. The highest BCUT2D eigenvalue weighted by Gasteiger charge is 2.01. The summed E-state index contributed by atoms with van der Waals surface area (Å²) >= 11 is 0. The monoisotopic (exact) mass is 162 g/mol. The van der Waals surface area contributed by atoms with Gasteiger partial charge in [0.15, 0.2) is 0 Å². The van der Waals surface area contributed by atoms with Crippen LogP contribution in [0.4, 0.5) is 0 Å². The smallest absolute Gasteiger partial charge is 0.140 e. The molecule has 0 aliphatic heterocycles. The average Bonchev–Trinajstić information content (AvgIpc) is 2.50. The number of nitrogens with zero attached hydrogens (tertiary/aromatic N) is 2. The molecule has 2 heterocycles. The third kappa shape index (κ3) is 1.06. The summed E-state index contributed by atoms with van der Waals surface area (Å²) in [5.74, 6) is 0. The predicted octanol–water partition coefficient (Wildman–Crippen LogP) is 0.677. The van der Waals surface area contributed by atoms with E-state index in [0.717, 1.165) is 17.6 Å². The highest BCUT2D eigenvalue weighted by atomic mass is 14.9. The first kappa shape index (κ1) is 7.24. The number of aromatic amines is 1. The van der Waals surface area contributed by atoms with Crippen molar-refractivity contribution < 1.29 is 0 Å². The second kappa shape index (κ2) is 2.91. The Bertz CT molecular complexity index is 379. The van der Waals surface area contributed by atoms with Crippen molar-refractivity contribution in [1.29, 1.82) is 0 Å². The van der Waals surface area contributed by atoms with Crippen LogP contribution in [0.15, 0.2) is 18.7 Å². The standard InChI is InChI=1S/C8H10N4/c1-9-2-6-3-11-8-7(6)4-10-5-12-8/h3-5,9H,2H2,1H3,(H,10,11,12). The molecule has 0 bridgehead atoms. The maximum Gasteiger partial charge on any atom is 0.140 e. The van der Waals surface area contributed by atoms with E-state index in [1.807, 2.05) is 19.4 Å². The zero-order valence-corrected chi connectivity index (χ0v) is 6.83. The molecule has 2 aromatic rings. The lowest BCUT2D eigenvalue weighted by Gasteiger charge is -1.94. The minimum Gasteiger partial charge on any atom is -0.346 e. The molecule has 0 saturated carbocycles. The molecule has 0 aromatic carbocycles. The Morgan fingerprint density at radius 3 is 3.33 bits per heavy atom. The molecule has 0 spiro atoms. The van der Waals surface area contributed by atoms with Crippen molar-refractivity contribution in [2.45, 2.75) is 6.54 Å². The summed E-state index contributed by atoms with van der Waals surface area (Å²) in [6.07, 6.45) is 5.32. The quantitative estimate of drug-likeness (QED) is 0.682. The predicted molar refractivity (Wildman–Crippen MR) is 46.7 cm³/mol. The molecule has 0 amide bonds. The summed E-state index contributed by atoms with van der Waals surface area (Å²) in [6.45, 7) is 0.841. The molecule has 0 unspecified atom stereocenters. The zero-order valence-electron chi connectivity index (χ0n) is 6.83. The normalized spacial score (nSPS) is 10.8. The Kier molecular flexibility index (Phi) is 1.75. The number of hydrogen-bond donors (Lipinski definition) is 2. The van der Waals surface area contributed by atoms with Gasteiger partial charge in [-0.2, -0.15) is 0 Å². The zero-order chi connectivity index (χ0) is 8.39. The van der Waals surface area contributed by atoms with Gasteiger partial charge in [0.05, 0.1) is 0 Å². The highest BCUT2D eigenvalue weighted by molar-refractivity contribution is 5.78. The Balaban J connectivity index is 2.55. The van der Waals surface area contributed by atoms with Crippen molar-refractivity contribution in [2.24, 2.45) is 0 Å².